The maximum atomic E-state index is 6.67. The fourth-order valence-electron chi connectivity index (χ4n) is 0.650. The van der Waals surface area contributed by atoms with E-state index in [-0.39, 0.29) is 0 Å². The van der Waals surface area contributed by atoms with Gasteiger partial charge in [0.05, 0.1) is 17.3 Å². The summed E-state index contributed by atoms with van der Waals surface area (Å²) in [4.78, 5) is 7.08. The van der Waals surface area contributed by atoms with Crippen LogP contribution in [0.5, 0.6) is 0 Å². The summed E-state index contributed by atoms with van der Waals surface area (Å²) >= 11 is 5.73. The van der Waals surface area contributed by atoms with E-state index in [0.29, 0.717) is 16.4 Å². The van der Waals surface area contributed by atoms with E-state index in [1.54, 1.807) is 12.1 Å². The first-order valence-corrected chi connectivity index (χ1v) is 3.31. The van der Waals surface area contributed by atoms with Crippen molar-refractivity contribution >= 4 is 23.4 Å². The molecule has 0 aliphatic rings. The van der Waals surface area contributed by atoms with Crippen LogP contribution in [0, 0.1) is 6.57 Å². The first-order valence-electron chi connectivity index (χ1n) is 2.93. The predicted molar refractivity (Wildman–Crippen MR) is 45.6 cm³/mol. The highest BCUT2D eigenvalue weighted by Crippen LogP contribution is 2.20. The van der Waals surface area contributed by atoms with Gasteiger partial charge >= 0.3 is 0 Å². The molecule has 0 spiro atoms. The van der Waals surface area contributed by atoms with E-state index < -0.39 is 0 Å². The molecule has 0 saturated heterocycles. The second-order valence-corrected chi connectivity index (χ2v) is 2.28. The van der Waals surface area contributed by atoms with Crippen LogP contribution in [-0.2, 0) is 0 Å². The second-order valence-electron chi connectivity index (χ2n) is 1.88. The van der Waals surface area contributed by atoms with Gasteiger partial charge in [-0.15, -0.1) is 0 Å². The number of aromatic nitrogens is 1. The van der Waals surface area contributed by atoms with Gasteiger partial charge in [0.25, 0.3) is 0 Å². The van der Waals surface area contributed by atoms with Crippen molar-refractivity contribution in [3.63, 3.8) is 0 Å². The summed E-state index contributed by atoms with van der Waals surface area (Å²) in [5.41, 5.74) is 1.06. The number of nitrogens with zero attached hydrogens (tertiary/aromatic N) is 2. The van der Waals surface area contributed by atoms with Crippen LogP contribution >= 0.6 is 11.6 Å². The van der Waals surface area contributed by atoms with E-state index in [2.05, 4.69) is 16.4 Å². The first-order chi connectivity index (χ1) is 5.27. The predicted octanol–water partition coefficient (Wildman–Crippen LogP) is 2.93. The Morgan fingerprint density at radius 3 is 2.91 bits per heavy atom. The summed E-state index contributed by atoms with van der Waals surface area (Å²) in [5, 5.41) is 0.466. The summed E-state index contributed by atoms with van der Waals surface area (Å²) < 4.78 is 0. The fraction of sp³-hybridized carbons (Fsp3) is 0. The Morgan fingerprint density at radius 1 is 1.73 bits per heavy atom. The minimum atomic E-state index is 0.445. The standard InChI is InChI=1S/C8H5ClN2/c1-3-8-7(9)4-6(10-2)5-11-8/h3-5H,1H2. The Hall–Kier alpha value is -1.33. The highest BCUT2D eigenvalue weighted by atomic mass is 35.5. The minimum absolute atomic E-state index is 0.445. The molecule has 0 aliphatic heterocycles. The average Bonchev–Trinajstić information content (AvgIpc) is 2.04. The maximum absolute atomic E-state index is 6.67. The van der Waals surface area contributed by atoms with Crippen LogP contribution in [0.1, 0.15) is 5.69 Å². The third-order valence-electron chi connectivity index (χ3n) is 1.18. The van der Waals surface area contributed by atoms with Crippen molar-refractivity contribution in [3.05, 3.63) is 41.0 Å². The van der Waals surface area contributed by atoms with Crippen LogP contribution in [-0.4, -0.2) is 4.98 Å². The average molecular weight is 165 g/mol. The van der Waals surface area contributed by atoms with Crippen molar-refractivity contribution in [1.82, 2.24) is 4.98 Å². The van der Waals surface area contributed by atoms with Crippen molar-refractivity contribution < 1.29 is 0 Å². The van der Waals surface area contributed by atoms with Crippen molar-refractivity contribution in [2.45, 2.75) is 0 Å². The molecule has 11 heavy (non-hydrogen) atoms. The van der Waals surface area contributed by atoms with E-state index in [9.17, 15) is 0 Å². The van der Waals surface area contributed by atoms with Crippen molar-refractivity contribution in [3.8, 4) is 0 Å². The zero-order valence-corrected chi connectivity index (χ0v) is 6.47. The fourth-order valence-corrected chi connectivity index (χ4v) is 0.887. The van der Waals surface area contributed by atoms with Crippen molar-refractivity contribution in [1.29, 1.82) is 0 Å². The summed E-state index contributed by atoms with van der Waals surface area (Å²) in [6, 6.07) is 1.57. The molecular weight excluding hydrogens is 160 g/mol. The van der Waals surface area contributed by atoms with Crippen molar-refractivity contribution in [2.75, 3.05) is 0 Å². The highest BCUT2D eigenvalue weighted by molar-refractivity contribution is 6.32. The first kappa shape index (κ1) is 7.77. The van der Waals surface area contributed by atoms with Gasteiger partial charge in [-0.1, -0.05) is 18.2 Å². The molecule has 0 saturated carbocycles. The molecule has 3 heteroatoms. The largest absolute Gasteiger partial charge is 0.267 e. The highest BCUT2D eigenvalue weighted by Gasteiger charge is 1.98. The van der Waals surface area contributed by atoms with E-state index in [1.807, 2.05) is 0 Å². The van der Waals surface area contributed by atoms with Gasteiger partial charge in [0, 0.05) is 6.20 Å². The minimum Gasteiger partial charge on any atom is -0.267 e. The van der Waals surface area contributed by atoms with Gasteiger partial charge in [-0.2, -0.15) is 0 Å². The molecule has 0 atom stereocenters. The molecule has 0 aliphatic carbocycles. The van der Waals surface area contributed by atoms with Gasteiger partial charge in [0.2, 0.25) is 5.69 Å². The van der Waals surface area contributed by atoms with Crippen molar-refractivity contribution in [2.24, 2.45) is 0 Å². The molecule has 1 aromatic rings. The number of hydrogen-bond acceptors (Lipinski definition) is 1. The van der Waals surface area contributed by atoms with Crippen LogP contribution in [0.25, 0.3) is 10.9 Å². The van der Waals surface area contributed by atoms with Gasteiger partial charge < -0.3 is 0 Å². The number of halogens is 1. The van der Waals surface area contributed by atoms with Gasteiger partial charge in [0.15, 0.2) is 0 Å². The van der Waals surface area contributed by atoms with Gasteiger partial charge in [-0.05, 0) is 12.1 Å². The molecule has 2 nitrogen and oxygen atoms in total. The van der Waals surface area contributed by atoms with Crippen LogP contribution in [0.3, 0.4) is 0 Å². The normalized spacial score (nSPS) is 8.73. The number of rotatable bonds is 1. The molecule has 0 radical (unpaired) electrons. The molecule has 0 bridgehead atoms. The van der Waals surface area contributed by atoms with Gasteiger partial charge in [0.1, 0.15) is 0 Å². The van der Waals surface area contributed by atoms with E-state index in [4.69, 9.17) is 18.2 Å². The van der Waals surface area contributed by atoms with Crippen LogP contribution in [0.2, 0.25) is 5.02 Å². The summed E-state index contributed by atoms with van der Waals surface area (Å²) in [7, 11) is 0. The molecule has 0 N–H and O–H groups in total. The Kier molecular flexibility index (Phi) is 2.25. The number of pyridine rings is 1. The summed E-state index contributed by atoms with van der Waals surface area (Å²) in [6.07, 6.45) is 3.02. The van der Waals surface area contributed by atoms with E-state index >= 15 is 0 Å². The van der Waals surface area contributed by atoms with Gasteiger partial charge in [-0.3, -0.25) is 4.98 Å². The smallest absolute Gasteiger partial charge is 0.206 e. The molecule has 1 rings (SSSR count). The Labute approximate surface area is 70.0 Å². The molecule has 1 heterocycles. The quantitative estimate of drug-likeness (QED) is 0.584. The lowest BCUT2D eigenvalue weighted by Crippen LogP contribution is -1.79. The zero-order valence-electron chi connectivity index (χ0n) is 5.71. The van der Waals surface area contributed by atoms with E-state index in [0.717, 1.165) is 0 Å². The lowest BCUT2D eigenvalue weighted by atomic mass is 10.3. The Morgan fingerprint density at radius 2 is 2.45 bits per heavy atom. The molecule has 0 unspecified atom stereocenters. The SMILES string of the molecule is [C-]#[N+]c1cnc(C=C)c(Cl)c1. The molecular formula is C8H5ClN2. The lowest BCUT2D eigenvalue weighted by molar-refractivity contribution is 1.31. The molecule has 1 aromatic heterocycles. The summed E-state index contributed by atoms with van der Waals surface area (Å²) in [5.74, 6) is 0. The third-order valence-corrected chi connectivity index (χ3v) is 1.48. The third kappa shape index (κ3) is 1.57. The Bertz CT molecular complexity index is 325. The Balaban J connectivity index is 3.22. The topological polar surface area (TPSA) is 17.2 Å². The molecule has 0 amide bonds. The van der Waals surface area contributed by atoms with Crippen LogP contribution < -0.4 is 0 Å². The summed E-state index contributed by atoms with van der Waals surface area (Å²) in [6.45, 7) is 10.2. The number of hydrogen-bond donors (Lipinski definition) is 0. The second kappa shape index (κ2) is 3.18. The van der Waals surface area contributed by atoms with Gasteiger partial charge in [-0.25, -0.2) is 4.85 Å². The monoisotopic (exact) mass is 164 g/mol. The van der Waals surface area contributed by atoms with Crippen LogP contribution in [0.15, 0.2) is 18.8 Å². The van der Waals surface area contributed by atoms with E-state index in [1.165, 1.54) is 6.20 Å². The maximum Gasteiger partial charge on any atom is 0.206 e. The lowest BCUT2D eigenvalue weighted by Gasteiger charge is -1.95. The zero-order chi connectivity index (χ0) is 8.27. The molecule has 54 valence electrons. The molecule has 0 fully saturated rings. The van der Waals surface area contributed by atoms with Crippen LogP contribution in [0.4, 0.5) is 5.69 Å². The molecule has 0 aromatic carbocycles.